The van der Waals surface area contributed by atoms with Gasteiger partial charge in [0.15, 0.2) is 0 Å². The highest BCUT2D eigenvalue weighted by Gasteiger charge is 2.17. The van der Waals surface area contributed by atoms with Crippen LogP contribution in [0.25, 0.3) is 21.8 Å². The maximum absolute atomic E-state index is 11.4. The predicted molar refractivity (Wildman–Crippen MR) is 95.9 cm³/mol. The number of benzene rings is 2. The second-order valence-corrected chi connectivity index (χ2v) is 6.38. The first-order valence-electron chi connectivity index (χ1n) is 7.16. The lowest BCUT2D eigenvalue weighted by molar-refractivity contribution is -0.131. The summed E-state index contributed by atoms with van der Waals surface area (Å²) in [6.07, 6.45) is 0. The molecule has 4 nitrogen and oxygen atoms in total. The first-order valence-corrected chi connectivity index (χ1v) is 8.36. The van der Waals surface area contributed by atoms with Crippen molar-refractivity contribution >= 4 is 28.9 Å². The largest absolute Gasteiger partial charge is 0.497 e. The fraction of sp³-hybridized carbons (Fsp3) is 0.111. The Bertz CT molecular complexity index is 857. The van der Waals surface area contributed by atoms with Crippen LogP contribution in [-0.4, -0.2) is 18.1 Å². The topological polar surface area (TPSA) is 48.4 Å². The number of nitrogens with zero attached hydrogens (tertiary/aromatic N) is 1. The highest BCUT2D eigenvalue weighted by atomic mass is 35.5. The molecule has 0 saturated carbocycles. The lowest BCUT2D eigenvalue weighted by Gasteiger charge is -2.01. The summed E-state index contributed by atoms with van der Waals surface area (Å²) in [5, 5.41) is 1.87. The smallest absolute Gasteiger partial charge is 0.308 e. The summed E-state index contributed by atoms with van der Waals surface area (Å²) in [5.74, 6) is 0.392. The summed E-state index contributed by atoms with van der Waals surface area (Å²) in [7, 11) is 1.62. The number of esters is 1. The third-order valence-corrected chi connectivity index (χ3v) is 4.52. The number of hydrogen-bond donors (Lipinski definition) is 0. The fourth-order valence-corrected chi connectivity index (χ4v) is 3.26. The van der Waals surface area contributed by atoms with Crippen LogP contribution in [0.15, 0.2) is 48.5 Å². The van der Waals surface area contributed by atoms with Crippen molar-refractivity contribution in [3.05, 3.63) is 53.6 Å². The maximum Gasteiger partial charge on any atom is 0.308 e. The Morgan fingerprint density at radius 1 is 1.04 bits per heavy atom. The molecule has 0 aliphatic heterocycles. The van der Waals surface area contributed by atoms with E-state index in [1.807, 2.05) is 36.4 Å². The number of hydrogen-bond acceptors (Lipinski definition) is 5. The van der Waals surface area contributed by atoms with Crippen molar-refractivity contribution in [1.82, 2.24) is 4.98 Å². The van der Waals surface area contributed by atoms with Gasteiger partial charge in [0.1, 0.15) is 16.5 Å². The van der Waals surface area contributed by atoms with Crippen LogP contribution in [0.4, 0.5) is 0 Å². The molecule has 0 amide bonds. The molecule has 0 atom stereocenters. The van der Waals surface area contributed by atoms with Gasteiger partial charge in [-0.2, -0.15) is 0 Å². The van der Waals surface area contributed by atoms with Crippen molar-refractivity contribution in [3.8, 4) is 32.6 Å². The number of ether oxygens (including phenoxy) is 2. The van der Waals surface area contributed by atoms with Gasteiger partial charge in [-0.25, -0.2) is 4.98 Å². The fourth-order valence-electron chi connectivity index (χ4n) is 2.15. The van der Waals surface area contributed by atoms with Crippen LogP contribution in [0.3, 0.4) is 0 Å². The maximum atomic E-state index is 11.4. The van der Waals surface area contributed by atoms with Crippen molar-refractivity contribution in [2.45, 2.75) is 6.92 Å². The minimum atomic E-state index is -0.379. The molecule has 122 valence electrons. The van der Waals surface area contributed by atoms with Crippen LogP contribution in [0, 0.1) is 0 Å². The van der Waals surface area contributed by atoms with E-state index in [1.54, 1.807) is 19.2 Å². The van der Waals surface area contributed by atoms with Gasteiger partial charge in [-0.15, -0.1) is 0 Å². The first-order chi connectivity index (χ1) is 11.6. The number of thiazole rings is 1. The van der Waals surface area contributed by atoms with E-state index < -0.39 is 0 Å². The van der Waals surface area contributed by atoms with Crippen LogP contribution < -0.4 is 9.47 Å². The number of carbonyl (C=O) groups is 1. The molecule has 1 aromatic heterocycles. The van der Waals surface area contributed by atoms with E-state index in [0.29, 0.717) is 15.8 Å². The number of methoxy groups -OCH3 is 1. The quantitative estimate of drug-likeness (QED) is 0.610. The highest BCUT2D eigenvalue weighted by Crippen LogP contribution is 2.40. The molecule has 0 fully saturated rings. The monoisotopic (exact) mass is 359 g/mol. The Morgan fingerprint density at radius 2 is 1.67 bits per heavy atom. The van der Waals surface area contributed by atoms with Crippen molar-refractivity contribution in [2.24, 2.45) is 0 Å². The lowest BCUT2D eigenvalue weighted by Crippen LogP contribution is -2.00. The van der Waals surface area contributed by atoms with E-state index in [9.17, 15) is 4.79 Å². The van der Waals surface area contributed by atoms with Crippen LogP contribution >= 0.6 is 22.9 Å². The third-order valence-electron chi connectivity index (χ3n) is 3.29. The van der Waals surface area contributed by atoms with Crippen LogP contribution in [-0.2, 0) is 4.79 Å². The van der Waals surface area contributed by atoms with Crippen molar-refractivity contribution in [3.63, 3.8) is 0 Å². The number of rotatable bonds is 4. The van der Waals surface area contributed by atoms with E-state index in [2.05, 4.69) is 4.98 Å². The van der Waals surface area contributed by atoms with Gasteiger partial charge in [0.2, 0.25) is 5.06 Å². The molecular formula is C18H14ClNO3S. The van der Waals surface area contributed by atoms with Gasteiger partial charge in [0.05, 0.1) is 7.11 Å². The molecule has 0 aliphatic carbocycles. The Labute approximate surface area is 148 Å². The molecule has 1 heterocycles. The summed E-state index contributed by atoms with van der Waals surface area (Å²) < 4.78 is 10.5. The molecule has 24 heavy (non-hydrogen) atoms. The van der Waals surface area contributed by atoms with Gasteiger partial charge in [0, 0.05) is 23.1 Å². The molecule has 0 saturated heterocycles. The second-order valence-electron chi connectivity index (χ2n) is 4.98. The van der Waals surface area contributed by atoms with Crippen molar-refractivity contribution in [2.75, 3.05) is 7.11 Å². The van der Waals surface area contributed by atoms with Crippen molar-refractivity contribution < 1.29 is 14.3 Å². The molecule has 0 unspecified atom stereocenters. The van der Waals surface area contributed by atoms with E-state index in [1.165, 1.54) is 18.3 Å². The summed E-state index contributed by atoms with van der Waals surface area (Å²) in [6.45, 7) is 1.37. The van der Waals surface area contributed by atoms with Crippen molar-refractivity contribution in [1.29, 1.82) is 0 Å². The van der Waals surface area contributed by atoms with Crippen LogP contribution in [0.1, 0.15) is 6.92 Å². The van der Waals surface area contributed by atoms with Crippen LogP contribution in [0.5, 0.6) is 10.8 Å². The molecule has 0 N–H and O–H groups in total. The third kappa shape index (κ3) is 3.58. The Balaban J connectivity index is 2.04. The van der Waals surface area contributed by atoms with E-state index >= 15 is 0 Å². The minimum absolute atomic E-state index is 0.379. The zero-order chi connectivity index (χ0) is 17.1. The van der Waals surface area contributed by atoms with Gasteiger partial charge < -0.3 is 9.47 Å². The molecule has 3 rings (SSSR count). The SMILES string of the molecule is COc1ccc(-c2nc(-c3ccc(Cl)cc3)c(OC(C)=O)s2)cc1. The Hall–Kier alpha value is -2.37. The predicted octanol–water partition coefficient (Wildman–Crippen LogP) is 5.06. The molecule has 0 aliphatic rings. The molecule has 0 spiro atoms. The summed E-state index contributed by atoms with van der Waals surface area (Å²) in [4.78, 5) is 16.0. The van der Waals surface area contributed by atoms with E-state index in [4.69, 9.17) is 21.1 Å². The van der Waals surface area contributed by atoms with Gasteiger partial charge in [-0.1, -0.05) is 35.1 Å². The number of carbonyl (C=O) groups excluding carboxylic acids is 1. The van der Waals surface area contributed by atoms with Gasteiger partial charge in [0.25, 0.3) is 0 Å². The summed E-state index contributed by atoms with van der Waals surface area (Å²) in [5.41, 5.74) is 2.39. The van der Waals surface area contributed by atoms with E-state index in [0.717, 1.165) is 21.9 Å². The average molecular weight is 360 g/mol. The zero-order valence-corrected chi connectivity index (χ0v) is 14.6. The Morgan fingerprint density at radius 3 is 2.25 bits per heavy atom. The first kappa shape index (κ1) is 16.5. The summed E-state index contributed by atoms with van der Waals surface area (Å²) >= 11 is 7.26. The number of aromatic nitrogens is 1. The van der Waals surface area contributed by atoms with Gasteiger partial charge >= 0.3 is 5.97 Å². The normalized spacial score (nSPS) is 10.5. The Kier molecular flexibility index (Phi) is 4.83. The number of halogens is 1. The minimum Gasteiger partial charge on any atom is -0.497 e. The molecule has 0 radical (unpaired) electrons. The standard InChI is InChI=1S/C18H14ClNO3S/c1-11(21)23-18-16(12-3-7-14(19)8-4-12)20-17(24-18)13-5-9-15(22-2)10-6-13/h3-10H,1-2H3. The second kappa shape index (κ2) is 7.03. The van der Waals surface area contributed by atoms with Crippen LogP contribution in [0.2, 0.25) is 5.02 Å². The average Bonchev–Trinajstić information content (AvgIpc) is 2.98. The molecule has 3 aromatic rings. The molecule has 0 bridgehead atoms. The van der Waals surface area contributed by atoms with Gasteiger partial charge in [-0.3, -0.25) is 4.79 Å². The molecule has 6 heteroatoms. The molecule has 2 aromatic carbocycles. The highest BCUT2D eigenvalue weighted by molar-refractivity contribution is 7.17. The zero-order valence-electron chi connectivity index (χ0n) is 13.1. The lowest BCUT2D eigenvalue weighted by atomic mass is 10.1. The molecular weight excluding hydrogens is 346 g/mol. The summed E-state index contributed by atoms with van der Waals surface area (Å²) in [6, 6.07) is 14.8. The van der Waals surface area contributed by atoms with Gasteiger partial charge in [-0.05, 0) is 36.4 Å². The van der Waals surface area contributed by atoms with E-state index in [-0.39, 0.29) is 5.97 Å².